The largest absolute Gasteiger partial charge is 0.345 e. The molecule has 0 aliphatic heterocycles. The number of hydrogen-bond donors (Lipinski definition) is 1. The van der Waals surface area contributed by atoms with Gasteiger partial charge in [0.1, 0.15) is 0 Å². The first-order valence-corrected chi connectivity index (χ1v) is 11.9. The fourth-order valence-corrected chi connectivity index (χ4v) is 5.34. The van der Waals surface area contributed by atoms with Crippen LogP contribution in [0.1, 0.15) is 39.3 Å². The van der Waals surface area contributed by atoms with Gasteiger partial charge in [-0.2, -0.15) is 0 Å². The molecule has 0 spiro atoms. The maximum Gasteiger partial charge on any atom is 0.261 e. The van der Waals surface area contributed by atoms with Crippen molar-refractivity contribution in [1.29, 1.82) is 0 Å². The minimum Gasteiger partial charge on any atom is -0.345 e. The molecule has 4 rings (SSSR count). The van der Waals surface area contributed by atoms with Crippen molar-refractivity contribution in [2.24, 2.45) is 0 Å². The number of amides is 1. The second-order valence-corrected chi connectivity index (χ2v) is 10.2. The number of carbonyl (C=O) groups excluding carboxylic acids is 1. The van der Waals surface area contributed by atoms with Crippen LogP contribution in [-0.2, 0) is 22.7 Å². The summed E-state index contributed by atoms with van der Waals surface area (Å²) >= 11 is 1.54. The van der Waals surface area contributed by atoms with E-state index in [-0.39, 0.29) is 16.8 Å². The third kappa shape index (κ3) is 3.62. The molecule has 0 saturated carbocycles. The zero-order valence-electron chi connectivity index (χ0n) is 15.7. The predicted octanol–water partition coefficient (Wildman–Crippen LogP) is 4.41. The van der Waals surface area contributed by atoms with Crippen molar-refractivity contribution in [3.8, 4) is 10.4 Å². The lowest BCUT2D eigenvalue weighted by Crippen LogP contribution is -2.25. The summed E-state index contributed by atoms with van der Waals surface area (Å²) < 4.78 is 23.2. The van der Waals surface area contributed by atoms with Crippen LogP contribution in [0.2, 0.25) is 0 Å². The molecule has 4 nitrogen and oxygen atoms in total. The zero-order chi connectivity index (χ0) is 19.9. The summed E-state index contributed by atoms with van der Waals surface area (Å²) in [4.78, 5) is 15.0. The van der Waals surface area contributed by atoms with Gasteiger partial charge in [-0.25, -0.2) is 8.42 Å². The van der Waals surface area contributed by atoms with Gasteiger partial charge >= 0.3 is 0 Å². The first-order valence-electron chi connectivity index (χ1n) is 9.15. The van der Waals surface area contributed by atoms with Gasteiger partial charge in [-0.3, -0.25) is 4.79 Å². The molecule has 1 aliphatic rings. The minimum absolute atomic E-state index is 0.100. The second kappa shape index (κ2) is 7.18. The number of sulfone groups is 1. The lowest BCUT2D eigenvalue weighted by Gasteiger charge is -2.15. The van der Waals surface area contributed by atoms with Crippen molar-refractivity contribution in [3.63, 3.8) is 0 Å². The highest BCUT2D eigenvalue weighted by molar-refractivity contribution is 7.90. The number of carbonyl (C=O) groups is 1. The van der Waals surface area contributed by atoms with Gasteiger partial charge in [-0.05, 0) is 60.2 Å². The molecular formula is C22H21NO3S2. The van der Waals surface area contributed by atoms with Crippen molar-refractivity contribution >= 4 is 27.1 Å². The number of hydrogen-bond acceptors (Lipinski definition) is 4. The third-order valence-electron chi connectivity index (χ3n) is 5.11. The summed E-state index contributed by atoms with van der Waals surface area (Å²) in [6.07, 6.45) is 3.15. The fraction of sp³-hybridized carbons (Fsp3) is 0.227. The Balaban J connectivity index is 1.53. The van der Waals surface area contributed by atoms with Crippen LogP contribution < -0.4 is 5.32 Å². The lowest BCUT2D eigenvalue weighted by molar-refractivity contribution is 0.0944. The third-order valence-corrected chi connectivity index (χ3v) is 7.45. The molecule has 0 saturated heterocycles. The Morgan fingerprint density at radius 3 is 2.43 bits per heavy atom. The van der Waals surface area contributed by atoms with Crippen LogP contribution in [0.3, 0.4) is 0 Å². The van der Waals surface area contributed by atoms with E-state index in [2.05, 4.69) is 23.5 Å². The number of fused-ring (bicyclic) bond motifs is 3. The smallest absolute Gasteiger partial charge is 0.261 e. The topological polar surface area (TPSA) is 63.2 Å². The first-order chi connectivity index (χ1) is 13.3. The van der Waals surface area contributed by atoms with Crippen LogP contribution in [-0.4, -0.2) is 20.6 Å². The van der Waals surface area contributed by atoms with E-state index in [1.54, 1.807) is 24.3 Å². The Bertz CT molecular complexity index is 1140. The average Bonchev–Trinajstić information content (AvgIpc) is 3.12. The van der Waals surface area contributed by atoms with Gasteiger partial charge in [-0.1, -0.05) is 36.4 Å². The number of thiophene rings is 1. The van der Waals surface area contributed by atoms with E-state index in [9.17, 15) is 13.2 Å². The molecule has 6 heteroatoms. The summed E-state index contributed by atoms with van der Waals surface area (Å²) in [5.74, 6) is -0.100. The SMILES string of the molecule is CC(NC(=O)c1cc2c(s1)-c1ccccc1CC2)c1ccc(S(C)(=O)=O)cc1. The fourth-order valence-electron chi connectivity index (χ4n) is 3.54. The monoisotopic (exact) mass is 411 g/mol. The van der Waals surface area contributed by atoms with Crippen LogP contribution in [0.15, 0.2) is 59.5 Å². The van der Waals surface area contributed by atoms with Gasteiger partial charge in [0, 0.05) is 11.1 Å². The van der Waals surface area contributed by atoms with Gasteiger partial charge < -0.3 is 5.32 Å². The highest BCUT2D eigenvalue weighted by Crippen LogP contribution is 2.39. The van der Waals surface area contributed by atoms with E-state index in [0.29, 0.717) is 4.88 Å². The number of rotatable bonds is 4. The summed E-state index contributed by atoms with van der Waals surface area (Å²) in [6, 6.07) is 16.8. The molecule has 2 aromatic carbocycles. The Hall–Kier alpha value is -2.44. The van der Waals surface area contributed by atoms with Gasteiger partial charge in [0.15, 0.2) is 9.84 Å². The number of aryl methyl sites for hydroxylation is 2. The van der Waals surface area contributed by atoms with Crippen molar-refractivity contribution in [2.75, 3.05) is 6.26 Å². The van der Waals surface area contributed by atoms with Crippen LogP contribution in [0.5, 0.6) is 0 Å². The molecule has 1 aromatic heterocycles. The standard InChI is InChI=1S/C22H21NO3S2/c1-14(15-9-11-18(12-10-15)28(2,25)26)23-22(24)20-13-17-8-7-16-5-3-4-6-19(16)21(17)27-20/h3-6,9-14H,7-8H2,1-2H3,(H,23,24). The van der Waals surface area contributed by atoms with Gasteiger partial charge in [-0.15, -0.1) is 11.3 Å². The molecule has 144 valence electrons. The van der Waals surface area contributed by atoms with E-state index in [0.717, 1.165) is 18.4 Å². The maximum absolute atomic E-state index is 12.8. The molecule has 1 amide bonds. The zero-order valence-corrected chi connectivity index (χ0v) is 17.4. The number of benzene rings is 2. The van der Waals surface area contributed by atoms with E-state index in [4.69, 9.17) is 0 Å². The molecule has 0 fully saturated rings. The molecular weight excluding hydrogens is 390 g/mol. The van der Waals surface area contributed by atoms with Crippen molar-refractivity contribution < 1.29 is 13.2 Å². The van der Waals surface area contributed by atoms with E-state index in [1.807, 2.05) is 19.1 Å². The molecule has 1 aliphatic carbocycles. The van der Waals surface area contributed by atoms with Gasteiger partial charge in [0.2, 0.25) is 0 Å². The second-order valence-electron chi connectivity index (χ2n) is 7.16. The minimum atomic E-state index is -3.22. The Labute approximate surface area is 169 Å². The van der Waals surface area contributed by atoms with Gasteiger partial charge in [0.05, 0.1) is 15.8 Å². The summed E-state index contributed by atoms with van der Waals surface area (Å²) in [5.41, 5.74) is 4.67. The Morgan fingerprint density at radius 1 is 1.04 bits per heavy atom. The highest BCUT2D eigenvalue weighted by Gasteiger charge is 2.22. The first kappa shape index (κ1) is 18.9. The molecule has 3 aromatic rings. The molecule has 1 unspecified atom stereocenters. The molecule has 0 bridgehead atoms. The van der Waals surface area contributed by atoms with Gasteiger partial charge in [0.25, 0.3) is 5.91 Å². The molecule has 28 heavy (non-hydrogen) atoms. The van der Waals surface area contributed by atoms with E-state index in [1.165, 1.54) is 39.2 Å². The quantitative estimate of drug-likeness (QED) is 0.692. The maximum atomic E-state index is 12.8. The number of nitrogens with one attached hydrogen (secondary N) is 1. The average molecular weight is 412 g/mol. The lowest BCUT2D eigenvalue weighted by atomic mass is 9.91. The van der Waals surface area contributed by atoms with Crippen molar-refractivity contribution in [2.45, 2.75) is 30.7 Å². The van der Waals surface area contributed by atoms with Crippen LogP contribution >= 0.6 is 11.3 Å². The van der Waals surface area contributed by atoms with Crippen molar-refractivity contribution in [1.82, 2.24) is 5.32 Å². The normalized spacial score (nSPS) is 14.1. The predicted molar refractivity (Wildman–Crippen MR) is 113 cm³/mol. The van der Waals surface area contributed by atoms with Crippen LogP contribution in [0, 0.1) is 0 Å². The molecule has 1 N–H and O–H groups in total. The van der Waals surface area contributed by atoms with Crippen molar-refractivity contribution in [3.05, 3.63) is 76.2 Å². The Kier molecular flexibility index (Phi) is 4.85. The summed E-state index contributed by atoms with van der Waals surface area (Å²) in [6.45, 7) is 1.90. The molecule has 1 heterocycles. The van der Waals surface area contributed by atoms with Crippen LogP contribution in [0.4, 0.5) is 0 Å². The molecule has 1 atom stereocenters. The highest BCUT2D eigenvalue weighted by atomic mass is 32.2. The molecule has 0 radical (unpaired) electrons. The van der Waals surface area contributed by atoms with E-state index >= 15 is 0 Å². The summed E-state index contributed by atoms with van der Waals surface area (Å²) in [5, 5.41) is 3.03. The van der Waals surface area contributed by atoms with E-state index < -0.39 is 9.84 Å². The Morgan fingerprint density at radius 2 is 1.71 bits per heavy atom. The van der Waals surface area contributed by atoms with Crippen LogP contribution in [0.25, 0.3) is 10.4 Å². The summed E-state index contributed by atoms with van der Waals surface area (Å²) in [7, 11) is -3.22.